The van der Waals surface area contributed by atoms with Crippen molar-refractivity contribution in [2.45, 2.75) is 0 Å². The Hall–Kier alpha value is -0.550. The summed E-state index contributed by atoms with van der Waals surface area (Å²) in [5.41, 5.74) is 0.473. The van der Waals surface area contributed by atoms with Crippen LogP contribution in [0.5, 0.6) is 11.5 Å². The second-order valence-corrected chi connectivity index (χ2v) is 4.03. The Balaban J connectivity index is 3.46. The van der Waals surface area contributed by atoms with Gasteiger partial charge in [0.25, 0.3) is 0 Å². The SMILES string of the molecule is COc1cc(OC)c(Br)c(C=O)c1Br. The van der Waals surface area contributed by atoms with Crippen molar-refractivity contribution in [2.75, 3.05) is 14.2 Å². The van der Waals surface area contributed by atoms with Crippen LogP contribution in [0, 0.1) is 0 Å². The molecule has 0 saturated carbocycles. The molecule has 0 heterocycles. The van der Waals surface area contributed by atoms with E-state index in [4.69, 9.17) is 9.47 Å². The number of methoxy groups -OCH3 is 2. The highest BCUT2D eigenvalue weighted by atomic mass is 79.9. The summed E-state index contributed by atoms with van der Waals surface area (Å²) < 4.78 is 11.4. The molecule has 14 heavy (non-hydrogen) atoms. The van der Waals surface area contributed by atoms with Crippen molar-refractivity contribution in [3.05, 3.63) is 20.6 Å². The highest BCUT2D eigenvalue weighted by Crippen LogP contribution is 2.39. The molecule has 0 aliphatic carbocycles. The number of rotatable bonds is 3. The van der Waals surface area contributed by atoms with Gasteiger partial charge in [0.2, 0.25) is 0 Å². The predicted octanol–water partition coefficient (Wildman–Crippen LogP) is 3.04. The maximum absolute atomic E-state index is 10.8. The molecule has 0 aromatic heterocycles. The largest absolute Gasteiger partial charge is 0.495 e. The lowest BCUT2D eigenvalue weighted by molar-refractivity contribution is 0.112. The third-order valence-electron chi connectivity index (χ3n) is 1.73. The molecule has 0 radical (unpaired) electrons. The van der Waals surface area contributed by atoms with Crippen LogP contribution in [0.2, 0.25) is 0 Å². The van der Waals surface area contributed by atoms with Gasteiger partial charge < -0.3 is 9.47 Å². The predicted molar refractivity (Wildman–Crippen MR) is 60.3 cm³/mol. The molecule has 0 unspecified atom stereocenters. The van der Waals surface area contributed by atoms with E-state index in [-0.39, 0.29) is 0 Å². The molecule has 5 heteroatoms. The second-order valence-electron chi connectivity index (χ2n) is 2.44. The number of benzene rings is 1. The minimum absolute atomic E-state index is 0.473. The lowest BCUT2D eigenvalue weighted by Crippen LogP contribution is -1.95. The van der Waals surface area contributed by atoms with Gasteiger partial charge in [-0.2, -0.15) is 0 Å². The first-order chi connectivity index (χ1) is 6.65. The van der Waals surface area contributed by atoms with Gasteiger partial charge in [0, 0.05) is 6.07 Å². The van der Waals surface area contributed by atoms with Crippen LogP contribution in [0.15, 0.2) is 15.0 Å². The summed E-state index contributed by atoms with van der Waals surface area (Å²) in [4.78, 5) is 10.8. The van der Waals surface area contributed by atoms with E-state index < -0.39 is 0 Å². The molecule has 76 valence electrons. The zero-order valence-electron chi connectivity index (χ0n) is 7.64. The minimum Gasteiger partial charge on any atom is -0.495 e. The van der Waals surface area contributed by atoms with Crippen LogP contribution in [0.1, 0.15) is 10.4 Å². The van der Waals surface area contributed by atoms with E-state index in [0.717, 1.165) is 6.29 Å². The highest BCUT2D eigenvalue weighted by molar-refractivity contribution is 9.11. The molecule has 0 aliphatic heterocycles. The van der Waals surface area contributed by atoms with E-state index in [0.29, 0.717) is 26.0 Å². The number of aldehydes is 1. The van der Waals surface area contributed by atoms with Crippen LogP contribution in [0.3, 0.4) is 0 Å². The van der Waals surface area contributed by atoms with Crippen molar-refractivity contribution < 1.29 is 14.3 Å². The van der Waals surface area contributed by atoms with Crippen LogP contribution in [-0.4, -0.2) is 20.5 Å². The monoisotopic (exact) mass is 322 g/mol. The lowest BCUT2D eigenvalue weighted by Gasteiger charge is -2.11. The molecule has 0 spiro atoms. The first-order valence-corrected chi connectivity index (χ1v) is 5.29. The van der Waals surface area contributed by atoms with Crippen molar-refractivity contribution in [3.63, 3.8) is 0 Å². The first kappa shape index (κ1) is 11.5. The molecule has 0 N–H and O–H groups in total. The van der Waals surface area contributed by atoms with Gasteiger partial charge in [0.1, 0.15) is 11.5 Å². The third kappa shape index (κ3) is 1.93. The molecular formula is C9H8Br2O3. The van der Waals surface area contributed by atoms with Crippen molar-refractivity contribution in [1.82, 2.24) is 0 Å². The van der Waals surface area contributed by atoms with Crippen LogP contribution in [-0.2, 0) is 0 Å². The highest BCUT2D eigenvalue weighted by Gasteiger charge is 2.15. The fourth-order valence-corrected chi connectivity index (χ4v) is 2.41. The van der Waals surface area contributed by atoms with Gasteiger partial charge in [-0.25, -0.2) is 0 Å². The van der Waals surface area contributed by atoms with Crippen molar-refractivity contribution in [2.24, 2.45) is 0 Å². The van der Waals surface area contributed by atoms with Crippen molar-refractivity contribution >= 4 is 38.1 Å². The summed E-state index contributed by atoms with van der Waals surface area (Å²) >= 11 is 6.55. The normalized spacial score (nSPS) is 9.71. The number of carbonyl (C=O) groups excluding carboxylic acids is 1. The molecule has 0 atom stereocenters. The van der Waals surface area contributed by atoms with Crippen LogP contribution >= 0.6 is 31.9 Å². The average Bonchev–Trinajstić information content (AvgIpc) is 2.19. The Kier molecular flexibility index (Phi) is 3.95. The summed E-state index contributed by atoms with van der Waals surface area (Å²) in [5, 5.41) is 0. The van der Waals surface area contributed by atoms with Gasteiger partial charge in [-0.3, -0.25) is 4.79 Å². The molecular weight excluding hydrogens is 316 g/mol. The number of halogens is 2. The number of hydrogen-bond acceptors (Lipinski definition) is 3. The molecule has 0 amide bonds. The summed E-state index contributed by atoms with van der Waals surface area (Å²) in [6.45, 7) is 0. The Morgan fingerprint density at radius 3 is 1.86 bits per heavy atom. The standard InChI is InChI=1S/C9H8Br2O3/c1-13-6-3-7(14-2)9(11)5(4-12)8(6)10/h3-4H,1-2H3. The minimum atomic E-state index is 0.473. The van der Waals surface area contributed by atoms with E-state index in [1.54, 1.807) is 6.07 Å². The van der Waals surface area contributed by atoms with Gasteiger partial charge >= 0.3 is 0 Å². The van der Waals surface area contributed by atoms with E-state index in [1.807, 2.05) is 0 Å². The summed E-state index contributed by atoms with van der Waals surface area (Å²) in [5.74, 6) is 1.12. The van der Waals surface area contributed by atoms with Gasteiger partial charge in [0.05, 0.1) is 28.7 Å². The zero-order chi connectivity index (χ0) is 10.7. The van der Waals surface area contributed by atoms with Gasteiger partial charge in [0.15, 0.2) is 6.29 Å². The van der Waals surface area contributed by atoms with Gasteiger partial charge in [-0.15, -0.1) is 0 Å². The van der Waals surface area contributed by atoms with E-state index in [2.05, 4.69) is 31.9 Å². The molecule has 1 aromatic rings. The number of carbonyl (C=O) groups is 1. The lowest BCUT2D eigenvalue weighted by atomic mass is 10.2. The first-order valence-electron chi connectivity index (χ1n) is 3.70. The zero-order valence-corrected chi connectivity index (χ0v) is 10.8. The molecule has 3 nitrogen and oxygen atoms in total. The van der Waals surface area contributed by atoms with Gasteiger partial charge in [-0.1, -0.05) is 0 Å². The van der Waals surface area contributed by atoms with E-state index in [1.165, 1.54) is 14.2 Å². The average molecular weight is 324 g/mol. The maximum atomic E-state index is 10.8. The molecule has 1 rings (SSSR count). The quantitative estimate of drug-likeness (QED) is 0.802. The van der Waals surface area contributed by atoms with Crippen LogP contribution < -0.4 is 9.47 Å². The summed E-state index contributed by atoms with van der Waals surface area (Å²) in [6, 6.07) is 1.70. The molecule has 0 saturated heterocycles. The number of ether oxygens (including phenoxy) is 2. The Labute approximate surface area is 98.6 Å². The van der Waals surface area contributed by atoms with E-state index >= 15 is 0 Å². The van der Waals surface area contributed by atoms with Gasteiger partial charge in [-0.05, 0) is 31.9 Å². The van der Waals surface area contributed by atoms with Crippen LogP contribution in [0.4, 0.5) is 0 Å². The second kappa shape index (κ2) is 4.79. The van der Waals surface area contributed by atoms with E-state index in [9.17, 15) is 4.79 Å². The number of hydrogen-bond donors (Lipinski definition) is 0. The van der Waals surface area contributed by atoms with Crippen molar-refractivity contribution in [3.8, 4) is 11.5 Å². The maximum Gasteiger partial charge on any atom is 0.152 e. The smallest absolute Gasteiger partial charge is 0.152 e. The Bertz CT molecular complexity index is 335. The molecule has 1 aromatic carbocycles. The topological polar surface area (TPSA) is 35.5 Å². The third-order valence-corrected chi connectivity index (χ3v) is 3.36. The van der Waals surface area contributed by atoms with Crippen molar-refractivity contribution in [1.29, 1.82) is 0 Å². The Morgan fingerprint density at radius 1 is 1.14 bits per heavy atom. The molecule has 0 aliphatic rings. The van der Waals surface area contributed by atoms with Crippen LogP contribution in [0.25, 0.3) is 0 Å². The fourth-order valence-electron chi connectivity index (χ4n) is 1.01. The molecule has 0 fully saturated rings. The fraction of sp³-hybridized carbons (Fsp3) is 0.222. The molecule has 0 bridgehead atoms. The Morgan fingerprint density at radius 2 is 1.57 bits per heavy atom. The summed E-state index contributed by atoms with van der Waals surface area (Å²) in [7, 11) is 3.06. The summed E-state index contributed by atoms with van der Waals surface area (Å²) in [6.07, 6.45) is 0.735.